The zero-order valence-electron chi connectivity index (χ0n) is 14.8. The zero-order valence-corrected chi connectivity index (χ0v) is 17.2. The summed E-state index contributed by atoms with van der Waals surface area (Å²) >= 11 is 7.31. The first-order chi connectivity index (χ1) is 12.8. The standard InChI is InChI=1S/C17H20ClN3O4S2/c1-27(23,24)15-8-13(18)3-2-12(15)9-19-10-16-20-14(11-26-16)17(22)21-4-6-25-7-5-21/h2-3,8,11,19H,4-7,9-10H2,1H3. The number of hydrogen-bond donors (Lipinski definition) is 1. The molecule has 0 bridgehead atoms. The van der Waals surface area contributed by atoms with Gasteiger partial charge in [-0.3, -0.25) is 4.79 Å². The summed E-state index contributed by atoms with van der Waals surface area (Å²) in [5.41, 5.74) is 1.07. The van der Waals surface area contributed by atoms with Crippen molar-refractivity contribution >= 4 is 38.7 Å². The molecule has 1 saturated heterocycles. The molecule has 3 rings (SSSR count). The molecule has 0 aliphatic carbocycles. The number of nitrogens with zero attached hydrogens (tertiary/aromatic N) is 2. The van der Waals surface area contributed by atoms with Gasteiger partial charge in [0.2, 0.25) is 0 Å². The third-order valence-corrected chi connectivity index (χ3v) is 6.35. The van der Waals surface area contributed by atoms with Crippen molar-refractivity contribution in [2.24, 2.45) is 0 Å². The van der Waals surface area contributed by atoms with Crippen molar-refractivity contribution in [3.8, 4) is 0 Å². The van der Waals surface area contributed by atoms with Gasteiger partial charge in [-0.25, -0.2) is 13.4 Å². The third kappa shape index (κ3) is 5.26. The highest BCUT2D eigenvalue weighted by molar-refractivity contribution is 7.90. The molecule has 0 radical (unpaired) electrons. The summed E-state index contributed by atoms with van der Waals surface area (Å²) in [6.07, 6.45) is 1.16. The Bertz CT molecular complexity index is 924. The van der Waals surface area contributed by atoms with Gasteiger partial charge in [-0.1, -0.05) is 17.7 Å². The molecule has 0 spiro atoms. The van der Waals surface area contributed by atoms with Gasteiger partial charge in [-0.2, -0.15) is 0 Å². The average molecular weight is 430 g/mol. The average Bonchev–Trinajstić information content (AvgIpc) is 3.11. The number of amides is 1. The van der Waals surface area contributed by atoms with Gasteiger partial charge in [0.1, 0.15) is 10.7 Å². The quantitative estimate of drug-likeness (QED) is 0.755. The molecule has 2 heterocycles. The number of ether oxygens (including phenoxy) is 1. The van der Waals surface area contributed by atoms with Gasteiger partial charge in [0.15, 0.2) is 9.84 Å². The normalized spacial score (nSPS) is 15.1. The second-order valence-electron chi connectivity index (χ2n) is 6.16. The first-order valence-corrected chi connectivity index (χ1v) is 11.5. The van der Waals surface area contributed by atoms with Crippen molar-refractivity contribution < 1.29 is 17.9 Å². The second-order valence-corrected chi connectivity index (χ2v) is 9.52. The summed E-state index contributed by atoms with van der Waals surface area (Å²) in [6.45, 7) is 3.05. The van der Waals surface area contributed by atoms with Crippen LogP contribution in [0, 0.1) is 0 Å². The van der Waals surface area contributed by atoms with Crippen molar-refractivity contribution in [2.45, 2.75) is 18.0 Å². The molecule has 0 unspecified atom stereocenters. The van der Waals surface area contributed by atoms with Gasteiger partial charge in [0, 0.05) is 42.8 Å². The monoisotopic (exact) mass is 429 g/mol. The molecule has 27 heavy (non-hydrogen) atoms. The lowest BCUT2D eigenvalue weighted by molar-refractivity contribution is 0.0299. The number of morpholine rings is 1. The van der Waals surface area contributed by atoms with Crippen LogP contribution < -0.4 is 5.32 Å². The summed E-state index contributed by atoms with van der Waals surface area (Å²) in [7, 11) is -3.37. The largest absolute Gasteiger partial charge is 0.378 e. The Morgan fingerprint density at radius 2 is 2.07 bits per heavy atom. The van der Waals surface area contributed by atoms with E-state index in [1.165, 1.54) is 17.4 Å². The van der Waals surface area contributed by atoms with Crippen LogP contribution in [-0.4, -0.2) is 56.8 Å². The molecule has 1 aliphatic rings. The SMILES string of the molecule is CS(=O)(=O)c1cc(Cl)ccc1CNCc1nc(C(=O)N2CCOCC2)cs1. The Labute approximate surface area is 167 Å². The topological polar surface area (TPSA) is 88.6 Å². The maximum absolute atomic E-state index is 12.4. The Morgan fingerprint density at radius 3 is 2.78 bits per heavy atom. The lowest BCUT2D eigenvalue weighted by atomic mass is 10.2. The second kappa shape index (κ2) is 8.66. The number of carbonyl (C=O) groups excluding carboxylic acids is 1. The van der Waals surface area contributed by atoms with Crippen molar-refractivity contribution in [2.75, 3.05) is 32.6 Å². The molecular weight excluding hydrogens is 410 g/mol. The molecule has 0 saturated carbocycles. The number of benzene rings is 1. The fraction of sp³-hybridized carbons (Fsp3) is 0.412. The van der Waals surface area contributed by atoms with Crippen molar-refractivity contribution in [3.05, 3.63) is 44.9 Å². The van der Waals surface area contributed by atoms with Gasteiger partial charge in [-0.15, -0.1) is 11.3 Å². The highest BCUT2D eigenvalue weighted by atomic mass is 35.5. The number of hydrogen-bond acceptors (Lipinski definition) is 7. The summed E-state index contributed by atoms with van der Waals surface area (Å²) in [5.74, 6) is -0.0853. The van der Waals surface area contributed by atoms with E-state index in [0.717, 1.165) is 11.3 Å². The highest BCUT2D eigenvalue weighted by Crippen LogP contribution is 2.21. The minimum absolute atomic E-state index is 0.0853. The van der Waals surface area contributed by atoms with Crippen LogP contribution in [0.4, 0.5) is 0 Å². The molecule has 1 aromatic heterocycles. The van der Waals surface area contributed by atoms with Crippen LogP contribution >= 0.6 is 22.9 Å². The summed E-state index contributed by atoms with van der Waals surface area (Å²) in [5, 5.41) is 6.07. The minimum Gasteiger partial charge on any atom is -0.378 e. The van der Waals surface area contributed by atoms with E-state index in [0.29, 0.717) is 55.7 Å². The Morgan fingerprint density at radius 1 is 1.33 bits per heavy atom. The first-order valence-electron chi connectivity index (χ1n) is 8.35. The van der Waals surface area contributed by atoms with E-state index in [-0.39, 0.29) is 10.8 Å². The van der Waals surface area contributed by atoms with Gasteiger partial charge in [0.05, 0.1) is 18.1 Å². The molecule has 1 aromatic carbocycles. The molecule has 7 nitrogen and oxygen atoms in total. The number of sulfone groups is 1. The number of nitrogens with one attached hydrogen (secondary N) is 1. The third-order valence-electron chi connectivity index (χ3n) is 4.09. The van der Waals surface area contributed by atoms with E-state index in [2.05, 4.69) is 10.3 Å². The van der Waals surface area contributed by atoms with Gasteiger partial charge in [-0.05, 0) is 17.7 Å². The molecule has 1 amide bonds. The molecule has 1 N–H and O–H groups in total. The summed E-state index contributed by atoms with van der Waals surface area (Å²) in [4.78, 5) is 18.7. The van der Waals surface area contributed by atoms with Crippen LogP contribution in [0.25, 0.3) is 0 Å². The summed E-state index contributed by atoms with van der Waals surface area (Å²) in [6, 6.07) is 4.81. The van der Waals surface area contributed by atoms with E-state index in [9.17, 15) is 13.2 Å². The van der Waals surface area contributed by atoms with E-state index in [1.54, 1.807) is 22.4 Å². The number of aromatic nitrogens is 1. The predicted molar refractivity (Wildman–Crippen MR) is 104 cm³/mol. The zero-order chi connectivity index (χ0) is 19.4. The molecule has 0 atom stereocenters. The number of carbonyl (C=O) groups is 1. The van der Waals surface area contributed by atoms with Crippen LogP contribution in [0.5, 0.6) is 0 Å². The molecule has 2 aromatic rings. The van der Waals surface area contributed by atoms with Crippen LogP contribution in [0.3, 0.4) is 0 Å². The number of thiazole rings is 1. The lowest BCUT2D eigenvalue weighted by Crippen LogP contribution is -2.40. The fourth-order valence-electron chi connectivity index (χ4n) is 2.74. The minimum atomic E-state index is -3.37. The molecular formula is C17H20ClN3O4S2. The number of halogens is 1. The maximum atomic E-state index is 12.4. The van der Waals surface area contributed by atoms with E-state index in [1.807, 2.05) is 0 Å². The van der Waals surface area contributed by atoms with Crippen molar-refractivity contribution in [1.82, 2.24) is 15.2 Å². The Kier molecular flexibility index (Phi) is 6.48. The van der Waals surface area contributed by atoms with Crippen LogP contribution in [0.2, 0.25) is 5.02 Å². The molecule has 1 aliphatic heterocycles. The van der Waals surface area contributed by atoms with Crippen LogP contribution in [0.1, 0.15) is 21.1 Å². The van der Waals surface area contributed by atoms with E-state index >= 15 is 0 Å². The molecule has 1 fully saturated rings. The van der Waals surface area contributed by atoms with Crippen LogP contribution in [0.15, 0.2) is 28.5 Å². The predicted octanol–water partition coefficient (Wildman–Crippen LogP) is 1.96. The smallest absolute Gasteiger partial charge is 0.273 e. The van der Waals surface area contributed by atoms with Gasteiger partial charge in [0.25, 0.3) is 5.91 Å². The van der Waals surface area contributed by atoms with E-state index < -0.39 is 9.84 Å². The van der Waals surface area contributed by atoms with Gasteiger partial charge >= 0.3 is 0 Å². The molecule has 10 heteroatoms. The highest BCUT2D eigenvalue weighted by Gasteiger charge is 2.21. The fourth-order valence-corrected chi connectivity index (χ4v) is 4.67. The Hall–Kier alpha value is -1.52. The van der Waals surface area contributed by atoms with Crippen molar-refractivity contribution in [1.29, 1.82) is 0 Å². The Balaban J connectivity index is 1.60. The van der Waals surface area contributed by atoms with Crippen LogP contribution in [-0.2, 0) is 27.7 Å². The maximum Gasteiger partial charge on any atom is 0.273 e. The summed E-state index contributed by atoms with van der Waals surface area (Å²) < 4.78 is 29.1. The van der Waals surface area contributed by atoms with E-state index in [4.69, 9.17) is 16.3 Å². The van der Waals surface area contributed by atoms with Crippen molar-refractivity contribution in [3.63, 3.8) is 0 Å². The first kappa shape index (κ1) is 20.2. The number of rotatable bonds is 6. The molecule has 146 valence electrons. The lowest BCUT2D eigenvalue weighted by Gasteiger charge is -2.25. The van der Waals surface area contributed by atoms with Gasteiger partial charge < -0.3 is 15.0 Å².